The molecule has 1 aliphatic heterocycles. The Morgan fingerprint density at radius 1 is 1.33 bits per heavy atom. The van der Waals surface area contributed by atoms with E-state index in [1.165, 1.54) is 12.1 Å². The first-order valence-corrected chi connectivity index (χ1v) is 8.62. The number of nitrogens with two attached hydrogens (primary N) is 1. The van der Waals surface area contributed by atoms with E-state index in [1.807, 2.05) is 13.8 Å². The molecule has 0 saturated carbocycles. The molecule has 1 heterocycles. The molecule has 0 radical (unpaired) electrons. The van der Waals surface area contributed by atoms with Gasteiger partial charge >= 0.3 is 0 Å². The van der Waals surface area contributed by atoms with Crippen LogP contribution in [-0.2, 0) is 16.6 Å². The smallest absolute Gasteiger partial charge is 0.253 e. The van der Waals surface area contributed by atoms with Crippen molar-refractivity contribution in [1.82, 2.24) is 9.84 Å². The normalized spacial score (nSPS) is 24.2. The number of halogens is 1. The minimum absolute atomic E-state index is 0.0433. The summed E-state index contributed by atoms with van der Waals surface area (Å²) in [5.74, 6) is -0.590. The minimum Gasteiger partial charge on any atom is -0.326 e. The van der Waals surface area contributed by atoms with Crippen LogP contribution in [0, 0.1) is 5.82 Å². The zero-order valence-corrected chi connectivity index (χ0v) is 13.2. The lowest BCUT2D eigenvalue weighted by molar-refractivity contribution is 0.0790. The van der Waals surface area contributed by atoms with Gasteiger partial charge in [-0.15, -0.1) is 4.83 Å². The quantitative estimate of drug-likeness (QED) is 0.887. The number of sulfonamides is 1. The van der Waals surface area contributed by atoms with Crippen LogP contribution in [0.1, 0.15) is 38.7 Å². The lowest BCUT2D eigenvalue weighted by Crippen LogP contribution is -2.54. The number of hydrogen-bond acceptors (Lipinski definition) is 4. The lowest BCUT2D eigenvalue weighted by atomic mass is 10.0. The fourth-order valence-electron chi connectivity index (χ4n) is 2.74. The Morgan fingerprint density at radius 2 is 1.95 bits per heavy atom. The van der Waals surface area contributed by atoms with E-state index in [1.54, 1.807) is 5.01 Å². The molecule has 0 amide bonds. The van der Waals surface area contributed by atoms with Crippen molar-refractivity contribution in [2.45, 2.75) is 56.6 Å². The third-order valence-corrected chi connectivity index (χ3v) is 5.37. The SMILES string of the molecule is CC1CCCC(C)N1NS(=O)(=O)c1cc(F)ccc1CN. The number of nitrogens with zero attached hydrogens (tertiary/aromatic N) is 1. The summed E-state index contributed by atoms with van der Waals surface area (Å²) in [5, 5.41) is 1.74. The Bertz CT molecular complexity index is 596. The van der Waals surface area contributed by atoms with Gasteiger partial charge in [-0.1, -0.05) is 12.5 Å². The second-order valence-corrected chi connectivity index (χ2v) is 7.22. The number of hydrogen-bond donors (Lipinski definition) is 2. The Labute approximate surface area is 125 Å². The molecule has 2 rings (SSSR count). The summed E-state index contributed by atoms with van der Waals surface area (Å²) in [6, 6.07) is 3.86. The first-order chi connectivity index (χ1) is 9.85. The van der Waals surface area contributed by atoms with Crippen LogP contribution in [0.25, 0.3) is 0 Å². The molecule has 0 spiro atoms. The zero-order valence-electron chi connectivity index (χ0n) is 12.3. The molecule has 1 aromatic carbocycles. The highest BCUT2D eigenvalue weighted by molar-refractivity contribution is 7.89. The largest absolute Gasteiger partial charge is 0.326 e. The number of rotatable bonds is 4. The van der Waals surface area contributed by atoms with E-state index < -0.39 is 15.8 Å². The molecule has 0 bridgehead atoms. The van der Waals surface area contributed by atoms with E-state index in [4.69, 9.17) is 5.73 Å². The van der Waals surface area contributed by atoms with Crippen molar-refractivity contribution in [3.8, 4) is 0 Å². The molecule has 1 fully saturated rings. The molecule has 7 heteroatoms. The molecule has 2 atom stereocenters. The summed E-state index contributed by atoms with van der Waals surface area (Å²) in [7, 11) is -3.84. The van der Waals surface area contributed by atoms with Crippen LogP contribution in [0.5, 0.6) is 0 Å². The summed E-state index contributed by atoms with van der Waals surface area (Å²) in [5.41, 5.74) is 5.96. The van der Waals surface area contributed by atoms with Crippen molar-refractivity contribution in [2.24, 2.45) is 5.73 Å². The van der Waals surface area contributed by atoms with E-state index in [0.29, 0.717) is 5.56 Å². The predicted octanol–water partition coefficient (Wildman–Crippen LogP) is 1.74. The molecule has 21 heavy (non-hydrogen) atoms. The number of benzene rings is 1. The topological polar surface area (TPSA) is 75.4 Å². The highest BCUT2D eigenvalue weighted by atomic mass is 32.2. The van der Waals surface area contributed by atoms with Crippen molar-refractivity contribution in [1.29, 1.82) is 0 Å². The van der Waals surface area contributed by atoms with Gasteiger partial charge in [0.05, 0.1) is 4.90 Å². The molecular formula is C14H22FN3O2S. The Balaban J connectivity index is 2.32. The van der Waals surface area contributed by atoms with Crippen LogP contribution < -0.4 is 10.6 Å². The van der Waals surface area contributed by atoms with E-state index in [2.05, 4.69) is 4.83 Å². The van der Waals surface area contributed by atoms with Gasteiger partial charge in [0.25, 0.3) is 10.0 Å². The van der Waals surface area contributed by atoms with Crippen LogP contribution in [0.3, 0.4) is 0 Å². The lowest BCUT2D eigenvalue weighted by Gasteiger charge is -2.38. The third-order valence-electron chi connectivity index (χ3n) is 3.96. The van der Waals surface area contributed by atoms with Crippen molar-refractivity contribution in [3.05, 3.63) is 29.6 Å². The van der Waals surface area contributed by atoms with Gasteiger partial charge in [-0.25, -0.2) is 17.8 Å². The molecule has 5 nitrogen and oxygen atoms in total. The maximum Gasteiger partial charge on any atom is 0.253 e. The summed E-state index contributed by atoms with van der Waals surface area (Å²) in [6.45, 7) is 4.00. The van der Waals surface area contributed by atoms with Gasteiger partial charge in [-0.2, -0.15) is 0 Å². The van der Waals surface area contributed by atoms with Crippen LogP contribution >= 0.6 is 0 Å². The van der Waals surface area contributed by atoms with Crippen LogP contribution in [0.2, 0.25) is 0 Å². The average Bonchev–Trinajstić information content (AvgIpc) is 2.43. The molecule has 0 aromatic heterocycles. The molecule has 3 N–H and O–H groups in total. The van der Waals surface area contributed by atoms with Gasteiger partial charge in [0.1, 0.15) is 5.82 Å². The monoisotopic (exact) mass is 315 g/mol. The van der Waals surface area contributed by atoms with Crippen molar-refractivity contribution < 1.29 is 12.8 Å². The summed E-state index contributed by atoms with van der Waals surface area (Å²) >= 11 is 0. The maximum atomic E-state index is 13.4. The van der Waals surface area contributed by atoms with E-state index in [-0.39, 0.29) is 23.5 Å². The minimum atomic E-state index is -3.84. The first kappa shape index (κ1) is 16.4. The Morgan fingerprint density at radius 3 is 2.52 bits per heavy atom. The van der Waals surface area contributed by atoms with E-state index >= 15 is 0 Å². The summed E-state index contributed by atoms with van der Waals surface area (Å²) in [4.78, 5) is 2.51. The molecule has 2 unspecified atom stereocenters. The second kappa shape index (κ2) is 6.39. The Hall–Kier alpha value is -1.02. The van der Waals surface area contributed by atoms with Gasteiger partial charge in [0.2, 0.25) is 0 Å². The average molecular weight is 315 g/mol. The molecule has 118 valence electrons. The second-order valence-electron chi connectivity index (χ2n) is 5.59. The number of hydrazine groups is 1. The summed E-state index contributed by atoms with van der Waals surface area (Å²) < 4.78 is 38.5. The van der Waals surface area contributed by atoms with Crippen molar-refractivity contribution >= 4 is 10.0 Å². The number of piperidine rings is 1. The van der Waals surface area contributed by atoms with Gasteiger partial charge in [-0.3, -0.25) is 0 Å². The highest BCUT2D eigenvalue weighted by Crippen LogP contribution is 2.23. The van der Waals surface area contributed by atoms with Gasteiger partial charge < -0.3 is 5.73 Å². The van der Waals surface area contributed by atoms with Gasteiger partial charge in [0, 0.05) is 18.6 Å². The number of nitrogens with one attached hydrogen (secondary N) is 1. The highest BCUT2D eigenvalue weighted by Gasteiger charge is 2.30. The predicted molar refractivity (Wildman–Crippen MR) is 79.2 cm³/mol. The van der Waals surface area contributed by atoms with Crippen LogP contribution in [0.4, 0.5) is 4.39 Å². The molecule has 1 aromatic rings. The fourth-order valence-corrected chi connectivity index (χ4v) is 4.24. The zero-order chi connectivity index (χ0) is 15.6. The first-order valence-electron chi connectivity index (χ1n) is 7.14. The molecular weight excluding hydrogens is 293 g/mol. The molecule has 1 saturated heterocycles. The summed E-state index contributed by atoms with van der Waals surface area (Å²) in [6.07, 6.45) is 2.94. The van der Waals surface area contributed by atoms with Gasteiger partial charge in [-0.05, 0) is 44.4 Å². The van der Waals surface area contributed by atoms with E-state index in [9.17, 15) is 12.8 Å². The van der Waals surface area contributed by atoms with Crippen LogP contribution in [0.15, 0.2) is 23.1 Å². The van der Waals surface area contributed by atoms with Crippen molar-refractivity contribution in [2.75, 3.05) is 0 Å². The van der Waals surface area contributed by atoms with E-state index in [0.717, 1.165) is 25.3 Å². The van der Waals surface area contributed by atoms with Gasteiger partial charge in [0.15, 0.2) is 0 Å². The molecule has 0 aliphatic carbocycles. The molecule has 1 aliphatic rings. The van der Waals surface area contributed by atoms with Crippen molar-refractivity contribution in [3.63, 3.8) is 0 Å². The van der Waals surface area contributed by atoms with Crippen LogP contribution in [-0.4, -0.2) is 25.5 Å². The maximum absolute atomic E-state index is 13.4. The Kier molecular flexibility index (Phi) is 4.98. The standard InChI is InChI=1S/C14H22FN3O2S/c1-10-4-3-5-11(2)18(10)17-21(19,20)14-8-13(15)7-6-12(14)9-16/h6-8,10-11,17H,3-5,9,16H2,1-2H3. The third kappa shape index (κ3) is 3.60. The fraction of sp³-hybridized carbons (Fsp3) is 0.571.